The third-order valence-corrected chi connectivity index (χ3v) is 3.23. The lowest BCUT2D eigenvalue weighted by Gasteiger charge is -2.07. The highest BCUT2D eigenvalue weighted by Gasteiger charge is 2.12. The quantitative estimate of drug-likeness (QED) is 0.763. The van der Waals surface area contributed by atoms with Crippen LogP contribution in [0, 0.1) is 0 Å². The third-order valence-electron chi connectivity index (χ3n) is 3.23. The van der Waals surface area contributed by atoms with E-state index >= 15 is 0 Å². The monoisotopic (exact) mass is 297 g/mol. The van der Waals surface area contributed by atoms with Crippen LogP contribution in [0.1, 0.15) is 16.2 Å². The number of amides is 1. The number of aromatic nitrogens is 4. The molecule has 0 fully saturated rings. The van der Waals surface area contributed by atoms with E-state index in [4.69, 9.17) is 4.74 Å². The Morgan fingerprint density at radius 1 is 1.27 bits per heavy atom. The Kier molecular flexibility index (Phi) is 3.95. The van der Waals surface area contributed by atoms with Crippen molar-refractivity contribution in [2.45, 2.75) is 6.42 Å². The van der Waals surface area contributed by atoms with Crippen molar-refractivity contribution in [3.63, 3.8) is 0 Å². The van der Waals surface area contributed by atoms with Crippen LogP contribution in [0.2, 0.25) is 0 Å². The number of carbonyl (C=O) groups is 1. The van der Waals surface area contributed by atoms with Crippen molar-refractivity contribution in [3.05, 3.63) is 54.1 Å². The van der Waals surface area contributed by atoms with Crippen molar-refractivity contribution in [2.75, 3.05) is 13.7 Å². The number of ether oxygens (including phenoxy) is 1. The first-order chi connectivity index (χ1) is 10.8. The Balaban J connectivity index is 1.64. The molecule has 0 spiro atoms. The standard InChI is InChI=1S/C15H15N5O2/c1-22-15-11(5-4-8-17-15)14(21)16-9-7-13-19-18-12-6-2-3-10-20(12)13/h2-6,8,10H,7,9H2,1H3,(H,16,21). The molecule has 3 aromatic heterocycles. The molecule has 3 rings (SSSR count). The fourth-order valence-corrected chi connectivity index (χ4v) is 2.17. The Morgan fingerprint density at radius 3 is 3.05 bits per heavy atom. The maximum absolute atomic E-state index is 12.1. The van der Waals surface area contributed by atoms with Gasteiger partial charge in [-0.15, -0.1) is 10.2 Å². The van der Waals surface area contributed by atoms with Gasteiger partial charge in [-0.3, -0.25) is 9.20 Å². The largest absolute Gasteiger partial charge is 0.480 e. The molecule has 3 heterocycles. The Morgan fingerprint density at radius 2 is 2.18 bits per heavy atom. The number of pyridine rings is 2. The number of hydrogen-bond donors (Lipinski definition) is 1. The number of methoxy groups -OCH3 is 1. The van der Waals surface area contributed by atoms with E-state index < -0.39 is 0 Å². The van der Waals surface area contributed by atoms with Gasteiger partial charge in [0.15, 0.2) is 5.65 Å². The van der Waals surface area contributed by atoms with Gasteiger partial charge in [-0.2, -0.15) is 0 Å². The molecule has 7 nitrogen and oxygen atoms in total. The molecule has 0 unspecified atom stereocenters. The first-order valence-electron chi connectivity index (χ1n) is 6.85. The van der Waals surface area contributed by atoms with Crippen molar-refractivity contribution in [1.29, 1.82) is 0 Å². The number of rotatable bonds is 5. The molecule has 0 saturated heterocycles. The summed E-state index contributed by atoms with van der Waals surface area (Å²) in [6.45, 7) is 0.451. The van der Waals surface area contributed by atoms with Gasteiger partial charge in [-0.1, -0.05) is 6.07 Å². The van der Waals surface area contributed by atoms with Gasteiger partial charge >= 0.3 is 0 Å². The van der Waals surface area contributed by atoms with E-state index in [9.17, 15) is 4.79 Å². The maximum atomic E-state index is 12.1. The van der Waals surface area contributed by atoms with E-state index in [0.717, 1.165) is 11.5 Å². The molecule has 112 valence electrons. The van der Waals surface area contributed by atoms with Crippen LogP contribution in [0.5, 0.6) is 5.88 Å². The van der Waals surface area contributed by atoms with Crippen molar-refractivity contribution in [2.24, 2.45) is 0 Å². The van der Waals surface area contributed by atoms with Gasteiger partial charge in [-0.25, -0.2) is 4.98 Å². The van der Waals surface area contributed by atoms with Gasteiger partial charge < -0.3 is 10.1 Å². The van der Waals surface area contributed by atoms with Crippen LogP contribution in [-0.4, -0.2) is 39.1 Å². The molecule has 0 aliphatic rings. The summed E-state index contributed by atoms with van der Waals surface area (Å²) in [5.41, 5.74) is 1.20. The summed E-state index contributed by atoms with van der Waals surface area (Å²) >= 11 is 0. The molecule has 3 aromatic rings. The second-order valence-corrected chi connectivity index (χ2v) is 4.61. The highest BCUT2D eigenvalue weighted by atomic mass is 16.5. The van der Waals surface area contributed by atoms with Crippen LogP contribution < -0.4 is 10.1 Å². The van der Waals surface area contributed by atoms with E-state index in [1.165, 1.54) is 7.11 Å². The lowest BCUT2D eigenvalue weighted by atomic mass is 10.2. The van der Waals surface area contributed by atoms with Crippen LogP contribution in [0.3, 0.4) is 0 Å². The maximum Gasteiger partial charge on any atom is 0.256 e. The minimum Gasteiger partial charge on any atom is -0.480 e. The molecule has 0 bridgehead atoms. The molecule has 0 radical (unpaired) electrons. The molecule has 7 heteroatoms. The predicted molar refractivity (Wildman–Crippen MR) is 79.8 cm³/mol. The van der Waals surface area contributed by atoms with Crippen molar-refractivity contribution in [3.8, 4) is 5.88 Å². The van der Waals surface area contributed by atoms with Crippen molar-refractivity contribution < 1.29 is 9.53 Å². The van der Waals surface area contributed by atoms with Gasteiger partial charge in [0.2, 0.25) is 5.88 Å². The Bertz CT molecular complexity index is 799. The Labute approximate surface area is 127 Å². The molecule has 1 amide bonds. The van der Waals surface area contributed by atoms with Crippen LogP contribution in [-0.2, 0) is 6.42 Å². The van der Waals surface area contributed by atoms with Crippen LogP contribution in [0.4, 0.5) is 0 Å². The average Bonchev–Trinajstić information content (AvgIpc) is 2.98. The van der Waals surface area contributed by atoms with Gasteiger partial charge in [0, 0.05) is 25.4 Å². The van der Waals surface area contributed by atoms with Gasteiger partial charge in [0.05, 0.1) is 7.11 Å². The lowest BCUT2D eigenvalue weighted by molar-refractivity contribution is 0.0950. The first-order valence-corrected chi connectivity index (χ1v) is 6.85. The van der Waals surface area contributed by atoms with Gasteiger partial charge in [-0.05, 0) is 24.3 Å². The van der Waals surface area contributed by atoms with Crippen LogP contribution in [0.25, 0.3) is 5.65 Å². The van der Waals surface area contributed by atoms with Crippen LogP contribution >= 0.6 is 0 Å². The highest BCUT2D eigenvalue weighted by Crippen LogP contribution is 2.13. The molecular formula is C15H15N5O2. The van der Waals surface area contributed by atoms with E-state index in [-0.39, 0.29) is 5.91 Å². The van der Waals surface area contributed by atoms with Crippen molar-refractivity contribution >= 4 is 11.6 Å². The van der Waals surface area contributed by atoms with E-state index in [1.54, 1.807) is 18.3 Å². The summed E-state index contributed by atoms with van der Waals surface area (Å²) in [6.07, 6.45) is 4.06. The molecule has 1 N–H and O–H groups in total. The number of carbonyl (C=O) groups excluding carboxylic acids is 1. The number of nitrogens with one attached hydrogen (secondary N) is 1. The lowest BCUT2D eigenvalue weighted by Crippen LogP contribution is -2.26. The van der Waals surface area contributed by atoms with Gasteiger partial charge in [0.1, 0.15) is 11.4 Å². The third kappa shape index (κ3) is 2.73. The second-order valence-electron chi connectivity index (χ2n) is 4.61. The van der Waals surface area contributed by atoms with Gasteiger partial charge in [0.25, 0.3) is 5.91 Å². The molecular weight excluding hydrogens is 282 g/mol. The zero-order valence-electron chi connectivity index (χ0n) is 12.1. The number of fused-ring (bicyclic) bond motifs is 1. The summed E-state index contributed by atoms with van der Waals surface area (Å²) in [5.74, 6) is 0.890. The fourth-order valence-electron chi connectivity index (χ4n) is 2.17. The Hall–Kier alpha value is -2.96. The average molecular weight is 297 g/mol. The molecule has 0 saturated carbocycles. The summed E-state index contributed by atoms with van der Waals surface area (Å²) < 4.78 is 6.98. The number of hydrogen-bond acceptors (Lipinski definition) is 5. The summed E-state index contributed by atoms with van der Waals surface area (Å²) in [7, 11) is 1.49. The zero-order chi connectivity index (χ0) is 15.4. The summed E-state index contributed by atoms with van der Waals surface area (Å²) in [5, 5.41) is 11.0. The minimum atomic E-state index is -0.223. The van der Waals surface area contributed by atoms with Crippen LogP contribution in [0.15, 0.2) is 42.7 Å². The molecule has 22 heavy (non-hydrogen) atoms. The predicted octanol–water partition coefficient (Wildman–Crippen LogP) is 1.11. The normalized spacial score (nSPS) is 10.6. The first kappa shape index (κ1) is 14.0. The fraction of sp³-hybridized carbons (Fsp3) is 0.200. The molecule has 0 aliphatic heterocycles. The molecule has 0 aromatic carbocycles. The minimum absolute atomic E-state index is 0.223. The SMILES string of the molecule is COc1ncccc1C(=O)NCCc1nnc2ccccn12. The molecule has 0 atom stereocenters. The van der Waals surface area contributed by atoms with E-state index in [1.807, 2.05) is 28.8 Å². The van der Waals surface area contributed by atoms with E-state index in [0.29, 0.717) is 24.4 Å². The smallest absolute Gasteiger partial charge is 0.256 e. The topological polar surface area (TPSA) is 81.4 Å². The summed E-state index contributed by atoms with van der Waals surface area (Å²) in [6, 6.07) is 9.08. The highest BCUT2D eigenvalue weighted by molar-refractivity contribution is 5.96. The van der Waals surface area contributed by atoms with Crippen molar-refractivity contribution in [1.82, 2.24) is 24.9 Å². The second kappa shape index (κ2) is 6.21. The zero-order valence-corrected chi connectivity index (χ0v) is 12.1. The van der Waals surface area contributed by atoms with E-state index in [2.05, 4.69) is 20.5 Å². The number of nitrogens with zero attached hydrogens (tertiary/aromatic N) is 4. The molecule has 0 aliphatic carbocycles. The summed E-state index contributed by atoms with van der Waals surface area (Å²) in [4.78, 5) is 16.2.